The minimum absolute atomic E-state index is 0.389. The summed E-state index contributed by atoms with van der Waals surface area (Å²) in [5, 5.41) is 22.8. The van der Waals surface area contributed by atoms with Crippen molar-refractivity contribution in [1.29, 1.82) is 0 Å². The molecule has 0 aromatic rings. The van der Waals surface area contributed by atoms with Gasteiger partial charge in [-0.25, -0.2) is 4.79 Å². The number of hydrogen-bond acceptors (Lipinski definition) is 4. The Bertz CT molecular complexity index is 354. The van der Waals surface area contributed by atoms with Crippen LogP contribution in [-0.2, 0) is 14.4 Å². The quantitative estimate of drug-likeness (QED) is 0.629. The largest absolute Gasteiger partial charge is 0.481 e. The summed E-state index contributed by atoms with van der Waals surface area (Å²) in [6.07, 6.45) is -0.673. The number of carbonyl (C=O) groups is 3. The lowest BCUT2D eigenvalue weighted by atomic mass is 10.1. The summed E-state index contributed by atoms with van der Waals surface area (Å²) in [5.74, 6) is -3.65. The van der Waals surface area contributed by atoms with Gasteiger partial charge >= 0.3 is 11.9 Å². The van der Waals surface area contributed by atoms with Crippen molar-refractivity contribution in [3.8, 4) is 0 Å². The van der Waals surface area contributed by atoms with E-state index in [4.69, 9.17) is 10.2 Å². The Morgan fingerprint density at radius 1 is 1.23 bits per heavy atom. The molecule has 0 fully saturated rings. The van der Waals surface area contributed by atoms with Gasteiger partial charge in [0.15, 0.2) is 5.70 Å². The highest BCUT2D eigenvalue weighted by Crippen LogP contribution is 2.19. The summed E-state index contributed by atoms with van der Waals surface area (Å²) in [5.41, 5.74) is -0.979. The van der Waals surface area contributed by atoms with Crippen molar-refractivity contribution in [1.82, 2.24) is 0 Å². The summed E-state index contributed by atoms with van der Waals surface area (Å²) < 4.78 is 0. The van der Waals surface area contributed by atoms with Crippen LogP contribution in [0.15, 0.2) is 21.5 Å². The van der Waals surface area contributed by atoms with Crippen molar-refractivity contribution in [2.24, 2.45) is 10.2 Å². The summed E-state index contributed by atoms with van der Waals surface area (Å²) in [6, 6.07) is 0. The minimum atomic E-state index is -1.45. The van der Waals surface area contributed by atoms with Crippen LogP contribution in [0.25, 0.3) is 0 Å². The molecule has 1 aliphatic heterocycles. The molecule has 1 amide bonds. The second kappa shape index (κ2) is 3.13. The van der Waals surface area contributed by atoms with E-state index in [0.717, 1.165) is 0 Å². The Balaban J connectivity index is 3.02. The van der Waals surface area contributed by atoms with Crippen LogP contribution in [0.4, 0.5) is 0 Å². The molecule has 0 aliphatic carbocycles. The molecule has 68 valence electrons. The Morgan fingerprint density at radius 2 is 1.85 bits per heavy atom. The second-order valence-corrected chi connectivity index (χ2v) is 2.21. The van der Waals surface area contributed by atoms with E-state index in [9.17, 15) is 14.4 Å². The van der Waals surface area contributed by atoms with E-state index in [-0.39, 0.29) is 5.57 Å². The number of azo groups is 1. The molecule has 0 aromatic carbocycles. The van der Waals surface area contributed by atoms with E-state index in [1.165, 1.54) is 0 Å². The molecule has 2 N–H and O–H groups in total. The van der Waals surface area contributed by atoms with E-state index < -0.39 is 30.0 Å². The highest BCUT2D eigenvalue weighted by molar-refractivity contribution is 6.06. The molecule has 1 rings (SSSR count). The molecule has 0 bridgehead atoms. The van der Waals surface area contributed by atoms with Crippen molar-refractivity contribution in [3.63, 3.8) is 0 Å². The summed E-state index contributed by atoms with van der Waals surface area (Å²) >= 11 is 0. The fraction of sp³-hybridized carbons (Fsp3) is 0.167. The number of hydrogen-bond donors (Lipinski definition) is 2. The average Bonchev–Trinajstić information content (AvgIpc) is 2.32. The molecule has 0 radical (unpaired) electrons. The van der Waals surface area contributed by atoms with Gasteiger partial charge in [-0.15, -0.1) is 10.2 Å². The van der Waals surface area contributed by atoms with Crippen molar-refractivity contribution >= 4 is 17.8 Å². The van der Waals surface area contributed by atoms with Crippen LogP contribution in [-0.4, -0.2) is 28.1 Å². The Morgan fingerprint density at radius 3 is 2.31 bits per heavy atom. The first-order valence-electron chi connectivity index (χ1n) is 3.16. The van der Waals surface area contributed by atoms with E-state index >= 15 is 0 Å². The van der Waals surface area contributed by atoms with Gasteiger partial charge in [0, 0.05) is 0 Å². The van der Waals surface area contributed by atoms with E-state index in [2.05, 4.69) is 10.2 Å². The smallest absolute Gasteiger partial charge is 0.356 e. The third kappa shape index (κ3) is 1.75. The molecular weight excluding hydrogens is 180 g/mol. The number of rotatable bonds is 3. The number of carboxylic acid groups (broad SMARTS) is 2. The van der Waals surface area contributed by atoms with Gasteiger partial charge in [0.05, 0.1) is 12.0 Å². The molecule has 1 aliphatic rings. The van der Waals surface area contributed by atoms with Gasteiger partial charge in [0.2, 0.25) is 0 Å². The van der Waals surface area contributed by atoms with E-state index in [1.54, 1.807) is 0 Å². The summed E-state index contributed by atoms with van der Waals surface area (Å²) in [6.45, 7) is 0. The topological polar surface area (TPSA) is 116 Å². The van der Waals surface area contributed by atoms with Crippen molar-refractivity contribution in [2.45, 2.75) is 6.42 Å². The number of nitrogens with zero attached hydrogens (tertiary/aromatic N) is 2. The van der Waals surface area contributed by atoms with Crippen LogP contribution < -0.4 is 0 Å². The van der Waals surface area contributed by atoms with Crippen LogP contribution in [0.1, 0.15) is 6.42 Å². The Labute approximate surface area is 71.4 Å². The van der Waals surface area contributed by atoms with Gasteiger partial charge in [-0.05, 0) is 0 Å². The van der Waals surface area contributed by atoms with Gasteiger partial charge in [-0.1, -0.05) is 0 Å². The zero-order chi connectivity index (χ0) is 10.0. The summed E-state index contributed by atoms with van der Waals surface area (Å²) in [7, 11) is 0. The van der Waals surface area contributed by atoms with Gasteiger partial charge in [0.25, 0.3) is 5.91 Å². The lowest BCUT2D eigenvalue weighted by Crippen LogP contribution is -2.08. The van der Waals surface area contributed by atoms with E-state index in [0.29, 0.717) is 0 Å². The lowest BCUT2D eigenvalue weighted by Gasteiger charge is -1.93. The monoisotopic (exact) mass is 184 g/mol. The van der Waals surface area contributed by atoms with Gasteiger partial charge < -0.3 is 10.2 Å². The first kappa shape index (κ1) is 9.04. The predicted molar refractivity (Wildman–Crippen MR) is 36.8 cm³/mol. The van der Waals surface area contributed by atoms with Gasteiger partial charge in [0.1, 0.15) is 0 Å². The van der Waals surface area contributed by atoms with Gasteiger partial charge in [-0.2, -0.15) is 0 Å². The third-order valence-corrected chi connectivity index (χ3v) is 1.32. The lowest BCUT2D eigenvalue weighted by molar-refractivity contribution is -0.136. The third-order valence-electron chi connectivity index (χ3n) is 1.32. The highest BCUT2D eigenvalue weighted by atomic mass is 16.4. The standard InChI is InChI=1S/C6H4N2O5/c9-3(10)1-2-4(6(12)13)7-8-5(2)11/h1H2,(H,9,10)(H,12,13). The van der Waals surface area contributed by atoms with E-state index in [1.807, 2.05) is 0 Å². The zero-order valence-electron chi connectivity index (χ0n) is 6.22. The first-order valence-corrected chi connectivity index (χ1v) is 3.16. The second-order valence-electron chi connectivity index (χ2n) is 2.21. The molecule has 0 unspecified atom stereocenters. The molecule has 7 heteroatoms. The van der Waals surface area contributed by atoms with Gasteiger partial charge in [-0.3, -0.25) is 9.59 Å². The molecule has 0 atom stereocenters. The molecule has 13 heavy (non-hydrogen) atoms. The maximum Gasteiger partial charge on any atom is 0.356 e. The van der Waals surface area contributed by atoms with Crippen LogP contribution >= 0.6 is 0 Å². The Hall–Kier alpha value is -2.05. The van der Waals surface area contributed by atoms with Crippen LogP contribution in [0.5, 0.6) is 0 Å². The number of amides is 1. The Kier molecular flexibility index (Phi) is 2.18. The van der Waals surface area contributed by atoms with Crippen molar-refractivity contribution in [3.05, 3.63) is 11.3 Å². The normalized spacial score (nSPS) is 15.2. The average molecular weight is 184 g/mol. The number of carbonyl (C=O) groups excluding carboxylic acids is 1. The molecular formula is C6H4N2O5. The fourth-order valence-electron chi connectivity index (χ4n) is 0.800. The van der Waals surface area contributed by atoms with Crippen LogP contribution in [0.2, 0.25) is 0 Å². The fourth-order valence-corrected chi connectivity index (χ4v) is 0.800. The number of aliphatic carboxylic acids is 2. The maximum absolute atomic E-state index is 10.8. The maximum atomic E-state index is 10.8. The first-order chi connectivity index (χ1) is 6.02. The van der Waals surface area contributed by atoms with Crippen LogP contribution in [0.3, 0.4) is 0 Å². The number of carboxylic acids is 2. The summed E-state index contributed by atoms with van der Waals surface area (Å²) in [4.78, 5) is 31.4. The molecule has 0 saturated carbocycles. The predicted octanol–water partition coefficient (Wildman–Crippen LogP) is -0.208. The molecule has 1 heterocycles. The van der Waals surface area contributed by atoms with Crippen LogP contribution in [0, 0.1) is 0 Å². The highest BCUT2D eigenvalue weighted by Gasteiger charge is 2.27. The zero-order valence-corrected chi connectivity index (χ0v) is 6.22. The molecule has 7 nitrogen and oxygen atoms in total. The molecule has 0 spiro atoms. The van der Waals surface area contributed by atoms with Crippen molar-refractivity contribution < 1.29 is 24.6 Å². The SMILES string of the molecule is O=C(O)CC1=C(C(=O)O)N=NC1=O. The molecule has 0 aromatic heterocycles. The van der Waals surface area contributed by atoms with Crippen molar-refractivity contribution in [2.75, 3.05) is 0 Å². The molecule has 0 saturated heterocycles. The minimum Gasteiger partial charge on any atom is -0.481 e.